The predicted molar refractivity (Wildman–Crippen MR) is 112 cm³/mol. The molecule has 0 unspecified atom stereocenters. The molecule has 3 heterocycles. The van der Waals surface area contributed by atoms with E-state index in [4.69, 9.17) is 9.97 Å². The number of thiophene rings is 1. The molecule has 3 aromatic heterocycles. The van der Waals surface area contributed by atoms with Gasteiger partial charge in [-0.05, 0) is 68.5 Å². The van der Waals surface area contributed by atoms with E-state index in [-0.39, 0.29) is 0 Å². The Morgan fingerprint density at radius 2 is 1.96 bits per heavy atom. The number of anilines is 1. The third-order valence-corrected chi connectivity index (χ3v) is 6.79. The second kappa shape index (κ2) is 7.92. The van der Waals surface area contributed by atoms with Gasteiger partial charge in [-0.1, -0.05) is 11.8 Å². The van der Waals surface area contributed by atoms with Crippen molar-refractivity contribution in [3.05, 3.63) is 40.5 Å². The van der Waals surface area contributed by atoms with Crippen LogP contribution in [0.4, 0.5) is 5.82 Å². The number of rotatable bonds is 6. The molecule has 0 bridgehead atoms. The Balaban J connectivity index is 1.73. The highest BCUT2D eigenvalue weighted by Crippen LogP contribution is 2.40. The smallest absolute Gasteiger partial charge is 0.190 e. The van der Waals surface area contributed by atoms with Crippen LogP contribution in [0.3, 0.4) is 0 Å². The normalized spacial score (nSPS) is 13.8. The zero-order chi connectivity index (χ0) is 17.9. The lowest BCUT2D eigenvalue weighted by atomic mass is 9.97. The molecule has 1 aliphatic rings. The summed E-state index contributed by atoms with van der Waals surface area (Å²) in [6, 6.07) is 4.20. The van der Waals surface area contributed by atoms with Gasteiger partial charge in [-0.2, -0.15) is 0 Å². The highest BCUT2D eigenvalue weighted by molar-refractivity contribution is 7.98. The number of hydrogen-bond acceptors (Lipinski definition) is 6. The minimum Gasteiger partial charge on any atom is -0.356 e. The third kappa shape index (κ3) is 3.45. The van der Waals surface area contributed by atoms with E-state index in [1.165, 1.54) is 51.9 Å². The molecular formula is C20H24N4S2. The Morgan fingerprint density at radius 1 is 1.15 bits per heavy atom. The first kappa shape index (κ1) is 17.7. The van der Waals surface area contributed by atoms with E-state index >= 15 is 0 Å². The molecular weight excluding hydrogens is 360 g/mol. The van der Waals surface area contributed by atoms with Crippen LogP contribution < -0.4 is 4.90 Å². The summed E-state index contributed by atoms with van der Waals surface area (Å²) in [4.78, 5) is 19.0. The fourth-order valence-electron chi connectivity index (χ4n) is 3.67. The van der Waals surface area contributed by atoms with Crippen LogP contribution in [0.15, 0.2) is 29.7 Å². The number of thioether (sulfide) groups is 1. The van der Waals surface area contributed by atoms with E-state index in [1.807, 2.05) is 23.7 Å². The maximum atomic E-state index is 4.96. The van der Waals surface area contributed by atoms with Gasteiger partial charge in [0.25, 0.3) is 0 Å². The first-order chi connectivity index (χ1) is 12.8. The van der Waals surface area contributed by atoms with Gasteiger partial charge >= 0.3 is 0 Å². The topological polar surface area (TPSA) is 41.9 Å². The first-order valence-corrected chi connectivity index (χ1v) is 11.3. The Hall–Kier alpha value is -1.66. The molecule has 4 nitrogen and oxygen atoms in total. The molecule has 1 aliphatic carbocycles. The summed E-state index contributed by atoms with van der Waals surface area (Å²) < 4.78 is 0. The van der Waals surface area contributed by atoms with Crippen LogP contribution in [0.5, 0.6) is 0 Å². The maximum absolute atomic E-state index is 4.96. The molecule has 3 aromatic rings. The maximum Gasteiger partial charge on any atom is 0.190 e. The molecule has 0 aliphatic heterocycles. The lowest BCUT2D eigenvalue weighted by Gasteiger charge is -2.24. The van der Waals surface area contributed by atoms with Gasteiger partial charge in [0.2, 0.25) is 0 Å². The summed E-state index contributed by atoms with van der Waals surface area (Å²) in [7, 11) is 0. The molecule has 0 atom stereocenters. The summed E-state index contributed by atoms with van der Waals surface area (Å²) in [6.45, 7) is 4.14. The summed E-state index contributed by atoms with van der Waals surface area (Å²) in [5, 5.41) is 2.20. The number of aromatic nitrogens is 3. The van der Waals surface area contributed by atoms with Crippen LogP contribution in [0.1, 0.15) is 35.8 Å². The van der Waals surface area contributed by atoms with Crippen LogP contribution in [-0.2, 0) is 19.3 Å². The molecule has 0 spiro atoms. The predicted octanol–water partition coefficient (Wildman–Crippen LogP) is 4.76. The standard InChI is InChI=1S/C20H24N4S2/c1-3-24(13-10-14-8-11-21-12-9-14)18-17-15-6-4-5-7-16(15)26-19(17)23-20(22-18)25-2/h8-9,11-12H,3-7,10,13H2,1-2H3. The van der Waals surface area contributed by atoms with Gasteiger partial charge < -0.3 is 4.90 Å². The number of aryl methyl sites for hydroxylation is 2. The van der Waals surface area contributed by atoms with Crippen molar-refractivity contribution < 1.29 is 0 Å². The monoisotopic (exact) mass is 384 g/mol. The van der Waals surface area contributed by atoms with Crippen molar-refractivity contribution in [2.75, 3.05) is 24.2 Å². The molecule has 26 heavy (non-hydrogen) atoms. The second-order valence-corrected chi connectivity index (χ2v) is 8.47. The number of likely N-dealkylation sites (N-methyl/N-ethyl adjacent to an activating group) is 1. The molecule has 0 fully saturated rings. The third-order valence-electron chi connectivity index (χ3n) is 5.06. The van der Waals surface area contributed by atoms with Gasteiger partial charge in [0, 0.05) is 30.4 Å². The van der Waals surface area contributed by atoms with Crippen molar-refractivity contribution in [2.24, 2.45) is 0 Å². The Morgan fingerprint density at radius 3 is 2.73 bits per heavy atom. The van der Waals surface area contributed by atoms with E-state index in [9.17, 15) is 0 Å². The highest BCUT2D eigenvalue weighted by atomic mass is 32.2. The van der Waals surface area contributed by atoms with Gasteiger partial charge in [0.15, 0.2) is 5.16 Å². The van der Waals surface area contributed by atoms with Gasteiger partial charge in [-0.15, -0.1) is 11.3 Å². The lowest BCUT2D eigenvalue weighted by Crippen LogP contribution is -2.27. The number of fused-ring (bicyclic) bond motifs is 3. The Labute approximate surface area is 163 Å². The number of nitrogens with zero attached hydrogens (tertiary/aromatic N) is 4. The molecule has 0 saturated carbocycles. The molecule has 6 heteroatoms. The molecule has 0 radical (unpaired) electrons. The zero-order valence-electron chi connectivity index (χ0n) is 15.4. The minimum atomic E-state index is 0.883. The Bertz CT molecular complexity index is 892. The first-order valence-electron chi connectivity index (χ1n) is 9.30. The van der Waals surface area contributed by atoms with Crippen molar-refractivity contribution in [2.45, 2.75) is 44.2 Å². The average Bonchev–Trinajstić information content (AvgIpc) is 3.07. The molecule has 0 amide bonds. The van der Waals surface area contributed by atoms with Crippen molar-refractivity contribution in [3.63, 3.8) is 0 Å². The van der Waals surface area contributed by atoms with Crippen LogP contribution in [0, 0.1) is 0 Å². The molecule has 0 aromatic carbocycles. The van der Waals surface area contributed by atoms with Crippen LogP contribution >= 0.6 is 23.1 Å². The Kier molecular flexibility index (Phi) is 5.41. The van der Waals surface area contributed by atoms with Crippen molar-refractivity contribution in [3.8, 4) is 0 Å². The van der Waals surface area contributed by atoms with Gasteiger partial charge in [-0.3, -0.25) is 4.98 Å². The van der Waals surface area contributed by atoms with E-state index < -0.39 is 0 Å². The van der Waals surface area contributed by atoms with E-state index in [2.05, 4.69) is 35.2 Å². The quantitative estimate of drug-likeness (QED) is 0.453. The SMILES string of the molecule is CCN(CCc1ccncc1)c1nc(SC)nc2sc3c(c12)CCCC3. The largest absolute Gasteiger partial charge is 0.356 e. The van der Waals surface area contributed by atoms with Gasteiger partial charge in [0.1, 0.15) is 10.6 Å². The molecule has 0 N–H and O–H groups in total. The van der Waals surface area contributed by atoms with Crippen LogP contribution in [-0.4, -0.2) is 34.3 Å². The van der Waals surface area contributed by atoms with Crippen molar-refractivity contribution in [1.82, 2.24) is 15.0 Å². The van der Waals surface area contributed by atoms with E-state index in [0.29, 0.717) is 0 Å². The van der Waals surface area contributed by atoms with E-state index in [1.54, 1.807) is 11.8 Å². The molecule has 4 rings (SSSR count). The number of pyridine rings is 1. The summed E-state index contributed by atoms with van der Waals surface area (Å²) >= 11 is 3.52. The fourth-order valence-corrected chi connectivity index (χ4v) is 5.34. The summed E-state index contributed by atoms with van der Waals surface area (Å²) in [6.07, 6.45) is 11.8. The van der Waals surface area contributed by atoms with Gasteiger partial charge in [-0.25, -0.2) is 9.97 Å². The second-order valence-electron chi connectivity index (χ2n) is 6.61. The number of hydrogen-bond donors (Lipinski definition) is 0. The van der Waals surface area contributed by atoms with Crippen molar-refractivity contribution in [1.29, 1.82) is 0 Å². The molecule has 0 saturated heterocycles. The summed E-state index contributed by atoms with van der Waals surface area (Å²) in [5.41, 5.74) is 2.84. The fraction of sp³-hybridized carbons (Fsp3) is 0.450. The lowest BCUT2D eigenvalue weighted by molar-refractivity contribution is 0.699. The minimum absolute atomic E-state index is 0.883. The summed E-state index contributed by atoms with van der Waals surface area (Å²) in [5.74, 6) is 1.13. The van der Waals surface area contributed by atoms with Crippen LogP contribution in [0.2, 0.25) is 0 Å². The van der Waals surface area contributed by atoms with Crippen molar-refractivity contribution >= 4 is 39.1 Å². The van der Waals surface area contributed by atoms with Gasteiger partial charge in [0.05, 0.1) is 5.39 Å². The van der Waals surface area contributed by atoms with Crippen LogP contribution in [0.25, 0.3) is 10.2 Å². The van der Waals surface area contributed by atoms with E-state index in [0.717, 1.165) is 30.5 Å². The molecule has 136 valence electrons. The highest BCUT2D eigenvalue weighted by Gasteiger charge is 2.23. The average molecular weight is 385 g/mol. The zero-order valence-corrected chi connectivity index (χ0v) is 17.0.